The highest BCUT2D eigenvalue weighted by Gasteiger charge is 2.12. The number of rotatable bonds is 7. The molecule has 2 aromatic heterocycles. The Labute approximate surface area is 186 Å². The molecule has 1 amide bonds. The second-order valence-corrected chi connectivity index (χ2v) is 7.82. The van der Waals surface area contributed by atoms with Gasteiger partial charge in [-0.3, -0.25) is 9.48 Å². The van der Waals surface area contributed by atoms with Crippen molar-refractivity contribution < 1.29 is 13.9 Å². The molecule has 0 aliphatic heterocycles. The monoisotopic (exact) mass is 485 g/mol. The van der Waals surface area contributed by atoms with Gasteiger partial charge in [-0.2, -0.15) is 5.10 Å². The molecule has 0 saturated carbocycles. The first kappa shape index (κ1) is 20.3. The summed E-state index contributed by atoms with van der Waals surface area (Å²) in [6, 6.07) is 18.1. The minimum Gasteiger partial charge on any atom is -0.484 e. The van der Waals surface area contributed by atoms with Gasteiger partial charge in [-0.1, -0.05) is 35.9 Å². The second-order valence-electron chi connectivity index (χ2n) is 6.49. The highest BCUT2D eigenvalue weighted by atomic mass is 79.9. The molecule has 0 unspecified atom stereocenters. The number of carbonyl (C=O) groups is 1. The maximum Gasteiger partial charge on any atom is 0.291 e. The Balaban J connectivity index is 1.33. The van der Waals surface area contributed by atoms with E-state index in [9.17, 15) is 4.79 Å². The fraction of sp³-hybridized carbons (Fsp3) is 0.0909. The number of carbonyl (C=O) groups excluding carboxylic acids is 1. The van der Waals surface area contributed by atoms with Crippen molar-refractivity contribution in [3.63, 3.8) is 0 Å². The third-order valence-electron chi connectivity index (χ3n) is 4.25. The Kier molecular flexibility index (Phi) is 6.21. The van der Waals surface area contributed by atoms with E-state index in [0.717, 1.165) is 10.0 Å². The molecule has 6 nitrogen and oxygen atoms in total. The molecule has 0 saturated heterocycles. The van der Waals surface area contributed by atoms with Crippen LogP contribution in [0, 0.1) is 0 Å². The predicted octanol–water partition coefficient (Wildman–Crippen LogP) is 5.77. The maximum absolute atomic E-state index is 12.4. The number of halogens is 2. The molecule has 8 heteroatoms. The van der Waals surface area contributed by atoms with Crippen LogP contribution in [0.15, 0.2) is 81.9 Å². The van der Waals surface area contributed by atoms with Crippen molar-refractivity contribution in [2.45, 2.75) is 13.2 Å². The zero-order valence-electron chi connectivity index (χ0n) is 15.7. The summed E-state index contributed by atoms with van der Waals surface area (Å²) in [4.78, 5) is 12.4. The first-order chi connectivity index (χ1) is 14.6. The van der Waals surface area contributed by atoms with E-state index in [2.05, 4.69) is 26.3 Å². The number of aromatic nitrogens is 2. The lowest BCUT2D eigenvalue weighted by molar-refractivity contribution is 0.0992. The third-order valence-corrected chi connectivity index (χ3v) is 4.97. The summed E-state index contributed by atoms with van der Waals surface area (Å²) in [7, 11) is 0. The van der Waals surface area contributed by atoms with Gasteiger partial charge in [0, 0.05) is 11.9 Å². The smallest absolute Gasteiger partial charge is 0.291 e. The minimum absolute atomic E-state index is 0.176. The summed E-state index contributed by atoms with van der Waals surface area (Å²) in [6.07, 6.45) is 3.64. The topological polar surface area (TPSA) is 69.3 Å². The van der Waals surface area contributed by atoms with Crippen LogP contribution >= 0.6 is 27.5 Å². The van der Waals surface area contributed by atoms with Gasteiger partial charge in [0.15, 0.2) is 5.76 Å². The van der Waals surface area contributed by atoms with Gasteiger partial charge < -0.3 is 14.5 Å². The fourth-order valence-electron chi connectivity index (χ4n) is 2.79. The fourth-order valence-corrected chi connectivity index (χ4v) is 3.30. The predicted molar refractivity (Wildman–Crippen MR) is 118 cm³/mol. The zero-order chi connectivity index (χ0) is 20.9. The molecule has 1 N–H and O–H groups in total. The number of amides is 1. The van der Waals surface area contributed by atoms with Gasteiger partial charge in [-0.15, -0.1) is 0 Å². The summed E-state index contributed by atoms with van der Waals surface area (Å²) in [5, 5.41) is 7.58. The molecule has 0 aliphatic rings. The molecule has 2 aromatic carbocycles. The largest absolute Gasteiger partial charge is 0.484 e. The van der Waals surface area contributed by atoms with E-state index in [4.69, 9.17) is 20.8 Å². The summed E-state index contributed by atoms with van der Waals surface area (Å²) < 4.78 is 14.0. The Morgan fingerprint density at radius 2 is 1.93 bits per heavy atom. The Hall–Kier alpha value is -3.03. The van der Waals surface area contributed by atoms with Crippen molar-refractivity contribution in [2.24, 2.45) is 0 Å². The Morgan fingerprint density at radius 3 is 2.67 bits per heavy atom. The molecule has 0 bridgehead atoms. The Morgan fingerprint density at radius 1 is 1.13 bits per heavy atom. The zero-order valence-corrected chi connectivity index (χ0v) is 18.1. The van der Waals surface area contributed by atoms with Crippen LogP contribution in [0.3, 0.4) is 0 Å². The lowest BCUT2D eigenvalue weighted by Crippen LogP contribution is -2.11. The van der Waals surface area contributed by atoms with Crippen LogP contribution < -0.4 is 10.1 Å². The minimum atomic E-state index is -0.331. The number of para-hydroxylation sites is 1. The first-order valence-corrected chi connectivity index (χ1v) is 10.3. The molecular formula is C22H17BrClN3O3. The third kappa shape index (κ3) is 5.11. The molecule has 0 fully saturated rings. The van der Waals surface area contributed by atoms with E-state index in [1.807, 2.05) is 47.3 Å². The van der Waals surface area contributed by atoms with E-state index in [1.54, 1.807) is 30.5 Å². The first-order valence-electron chi connectivity index (χ1n) is 9.11. The summed E-state index contributed by atoms with van der Waals surface area (Å²) >= 11 is 9.45. The van der Waals surface area contributed by atoms with Gasteiger partial charge in [0.25, 0.3) is 5.91 Å². The number of nitrogens with one attached hydrogen (secondary N) is 1. The molecule has 152 valence electrons. The van der Waals surface area contributed by atoms with E-state index in [0.29, 0.717) is 28.8 Å². The second kappa shape index (κ2) is 9.19. The number of anilines is 1. The van der Waals surface area contributed by atoms with Gasteiger partial charge in [0.1, 0.15) is 18.1 Å². The number of ether oxygens (including phenoxy) is 1. The van der Waals surface area contributed by atoms with Crippen molar-refractivity contribution in [3.05, 3.63) is 99.6 Å². The van der Waals surface area contributed by atoms with Crippen LogP contribution in [0.5, 0.6) is 5.75 Å². The number of hydrogen-bond donors (Lipinski definition) is 1. The summed E-state index contributed by atoms with van der Waals surface area (Å²) in [6.45, 7) is 0.821. The van der Waals surface area contributed by atoms with E-state index >= 15 is 0 Å². The molecule has 0 radical (unpaired) electrons. The standard InChI is InChI=1S/C22H17BrClN3O3/c23-16-11-25-27(13-16)12-15-5-7-17(8-6-15)26-22(28)21-10-9-18(30-21)14-29-20-4-2-1-3-19(20)24/h1-11,13H,12,14H2,(H,26,28). The van der Waals surface area contributed by atoms with Crippen LogP contribution in [-0.2, 0) is 13.2 Å². The molecular weight excluding hydrogens is 470 g/mol. The van der Waals surface area contributed by atoms with Gasteiger partial charge in [-0.05, 0) is 57.9 Å². The van der Waals surface area contributed by atoms with Gasteiger partial charge in [0.2, 0.25) is 0 Å². The molecule has 2 heterocycles. The van der Waals surface area contributed by atoms with E-state index < -0.39 is 0 Å². The molecule has 0 spiro atoms. The SMILES string of the molecule is O=C(Nc1ccc(Cn2cc(Br)cn2)cc1)c1ccc(COc2ccccc2Cl)o1. The number of nitrogens with zero attached hydrogens (tertiary/aromatic N) is 2. The highest BCUT2D eigenvalue weighted by molar-refractivity contribution is 9.10. The van der Waals surface area contributed by atoms with Crippen molar-refractivity contribution in [3.8, 4) is 5.75 Å². The molecule has 4 aromatic rings. The Bertz CT molecular complexity index is 1150. The van der Waals surface area contributed by atoms with Crippen LogP contribution in [0.1, 0.15) is 21.9 Å². The molecule has 0 aliphatic carbocycles. The highest BCUT2D eigenvalue weighted by Crippen LogP contribution is 2.24. The van der Waals surface area contributed by atoms with Crippen LogP contribution in [0.2, 0.25) is 5.02 Å². The van der Waals surface area contributed by atoms with E-state index in [1.165, 1.54) is 0 Å². The lowest BCUT2D eigenvalue weighted by Gasteiger charge is -2.06. The van der Waals surface area contributed by atoms with Crippen LogP contribution in [0.4, 0.5) is 5.69 Å². The van der Waals surface area contributed by atoms with Crippen molar-refractivity contribution in [2.75, 3.05) is 5.32 Å². The number of furan rings is 1. The molecule has 4 rings (SSSR count). The van der Waals surface area contributed by atoms with Crippen molar-refractivity contribution in [1.82, 2.24) is 9.78 Å². The van der Waals surface area contributed by atoms with Crippen LogP contribution in [-0.4, -0.2) is 15.7 Å². The maximum atomic E-state index is 12.4. The van der Waals surface area contributed by atoms with Crippen molar-refractivity contribution >= 4 is 39.1 Å². The van der Waals surface area contributed by atoms with E-state index in [-0.39, 0.29) is 18.3 Å². The average Bonchev–Trinajstić information content (AvgIpc) is 3.38. The van der Waals surface area contributed by atoms with Crippen molar-refractivity contribution in [1.29, 1.82) is 0 Å². The normalized spacial score (nSPS) is 10.7. The number of benzene rings is 2. The summed E-state index contributed by atoms with van der Waals surface area (Å²) in [5.74, 6) is 0.964. The quantitative estimate of drug-likeness (QED) is 0.360. The van der Waals surface area contributed by atoms with Gasteiger partial charge in [0.05, 0.1) is 22.2 Å². The van der Waals surface area contributed by atoms with Gasteiger partial charge in [-0.25, -0.2) is 0 Å². The van der Waals surface area contributed by atoms with Gasteiger partial charge >= 0.3 is 0 Å². The average molecular weight is 487 g/mol. The van der Waals surface area contributed by atoms with Crippen LogP contribution in [0.25, 0.3) is 0 Å². The summed E-state index contributed by atoms with van der Waals surface area (Å²) in [5.41, 5.74) is 1.75. The molecule has 30 heavy (non-hydrogen) atoms. The number of hydrogen-bond acceptors (Lipinski definition) is 4. The molecule has 0 atom stereocenters. The lowest BCUT2D eigenvalue weighted by atomic mass is 10.2.